The number of Topliss-reactive ketones (excluding diaryl/α,β-unsaturated/α-hetero) is 1. The van der Waals surface area contributed by atoms with Gasteiger partial charge >= 0.3 is 0 Å². The van der Waals surface area contributed by atoms with E-state index >= 15 is 0 Å². The van der Waals surface area contributed by atoms with Crippen LogP contribution in [0.25, 0.3) is 0 Å². The van der Waals surface area contributed by atoms with Gasteiger partial charge in [-0.15, -0.1) is 0 Å². The van der Waals surface area contributed by atoms with Crippen LogP contribution in [0.15, 0.2) is 35.2 Å². The molecule has 1 aromatic carbocycles. The van der Waals surface area contributed by atoms with Crippen LogP contribution in [-0.2, 0) is 14.6 Å². The van der Waals surface area contributed by atoms with Crippen molar-refractivity contribution in [3.63, 3.8) is 0 Å². The van der Waals surface area contributed by atoms with E-state index in [-0.39, 0.29) is 11.7 Å². The fourth-order valence-corrected chi connectivity index (χ4v) is 5.28. The van der Waals surface area contributed by atoms with E-state index in [0.29, 0.717) is 23.7 Å². The molecule has 90 valence electrons. The van der Waals surface area contributed by atoms with E-state index in [0.717, 1.165) is 6.42 Å². The first-order valence-electron chi connectivity index (χ1n) is 5.90. The van der Waals surface area contributed by atoms with Crippen LogP contribution in [0.2, 0.25) is 0 Å². The molecular formula is C13H14O3S. The standard InChI is InChI=1S/C13H14O3S/c14-12-7-9-6-11(12)13(8-9)17(15,16)10-4-2-1-3-5-10/h1-5,9,11,13H,6-8H2. The topological polar surface area (TPSA) is 51.2 Å². The smallest absolute Gasteiger partial charge is 0.181 e. The Labute approximate surface area is 101 Å². The van der Waals surface area contributed by atoms with Crippen LogP contribution in [0.3, 0.4) is 0 Å². The maximum atomic E-state index is 12.4. The molecule has 2 saturated carbocycles. The largest absolute Gasteiger partial charge is 0.299 e. The predicted octanol–water partition coefficient (Wildman–Crippen LogP) is 1.83. The summed E-state index contributed by atoms with van der Waals surface area (Å²) in [6, 6.07) is 8.48. The Morgan fingerprint density at radius 1 is 1.06 bits per heavy atom. The second-order valence-electron chi connectivity index (χ2n) is 5.01. The van der Waals surface area contributed by atoms with Crippen molar-refractivity contribution >= 4 is 15.6 Å². The van der Waals surface area contributed by atoms with Crippen molar-refractivity contribution in [1.29, 1.82) is 0 Å². The molecule has 2 fully saturated rings. The molecule has 2 bridgehead atoms. The van der Waals surface area contributed by atoms with Crippen molar-refractivity contribution in [1.82, 2.24) is 0 Å². The first-order valence-corrected chi connectivity index (χ1v) is 7.45. The SMILES string of the molecule is O=C1CC2CC1C(S(=O)(=O)c1ccccc1)C2. The van der Waals surface area contributed by atoms with Crippen LogP contribution >= 0.6 is 0 Å². The maximum absolute atomic E-state index is 12.4. The summed E-state index contributed by atoms with van der Waals surface area (Å²) in [5, 5.41) is -0.476. The van der Waals surface area contributed by atoms with Gasteiger partial charge in [-0.1, -0.05) is 18.2 Å². The van der Waals surface area contributed by atoms with Crippen LogP contribution in [-0.4, -0.2) is 19.5 Å². The molecule has 0 heterocycles. The minimum Gasteiger partial charge on any atom is -0.299 e. The average Bonchev–Trinajstić information content (AvgIpc) is 2.89. The third kappa shape index (κ3) is 1.62. The van der Waals surface area contributed by atoms with Gasteiger partial charge in [0.1, 0.15) is 5.78 Å². The Kier molecular flexibility index (Phi) is 2.36. The van der Waals surface area contributed by atoms with Gasteiger partial charge in [-0.25, -0.2) is 8.42 Å². The lowest BCUT2D eigenvalue weighted by Gasteiger charge is -2.20. The van der Waals surface area contributed by atoms with E-state index in [1.165, 1.54) is 0 Å². The van der Waals surface area contributed by atoms with E-state index in [1.807, 2.05) is 0 Å². The van der Waals surface area contributed by atoms with Crippen molar-refractivity contribution in [2.45, 2.75) is 29.4 Å². The summed E-state index contributed by atoms with van der Waals surface area (Å²) in [5.74, 6) is 0.201. The quantitative estimate of drug-likeness (QED) is 0.804. The predicted molar refractivity (Wildman–Crippen MR) is 63.3 cm³/mol. The Bertz CT molecular complexity index is 547. The molecule has 3 atom stereocenters. The third-order valence-electron chi connectivity index (χ3n) is 3.98. The zero-order valence-corrected chi connectivity index (χ0v) is 10.2. The molecular weight excluding hydrogens is 236 g/mol. The Balaban J connectivity index is 1.98. The van der Waals surface area contributed by atoms with Crippen LogP contribution < -0.4 is 0 Å². The molecule has 3 rings (SSSR count). The fraction of sp³-hybridized carbons (Fsp3) is 0.462. The van der Waals surface area contributed by atoms with Gasteiger partial charge in [0.2, 0.25) is 0 Å². The van der Waals surface area contributed by atoms with E-state index in [9.17, 15) is 13.2 Å². The monoisotopic (exact) mass is 250 g/mol. The van der Waals surface area contributed by atoms with Crippen molar-refractivity contribution < 1.29 is 13.2 Å². The van der Waals surface area contributed by atoms with Gasteiger partial charge in [0.25, 0.3) is 0 Å². The first-order chi connectivity index (χ1) is 8.09. The summed E-state index contributed by atoms with van der Waals surface area (Å²) < 4.78 is 24.8. The first kappa shape index (κ1) is 11.0. The zero-order valence-electron chi connectivity index (χ0n) is 9.37. The van der Waals surface area contributed by atoms with Gasteiger partial charge in [0, 0.05) is 12.3 Å². The van der Waals surface area contributed by atoms with Crippen molar-refractivity contribution in [3.8, 4) is 0 Å². The van der Waals surface area contributed by atoms with Gasteiger partial charge in [-0.05, 0) is 30.9 Å². The van der Waals surface area contributed by atoms with Gasteiger partial charge in [0.05, 0.1) is 10.1 Å². The number of rotatable bonds is 2. The average molecular weight is 250 g/mol. The molecule has 0 spiro atoms. The lowest BCUT2D eigenvalue weighted by molar-refractivity contribution is -0.121. The molecule has 2 aliphatic rings. The fourth-order valence-electron chi connectivity index (χ4n) is 3.17. The number of hydrogen-bond donors (Lipinski definition) is 0. The number of benzene rings is 1. The van der Waals surface area contributed by atoms with Crippen molar-refractivity contribution in [2.75, 3.05) is 0 Å². The highest BCUT2D eigenvalue weighted by molar-refractivity contribution is 7.92. The summed E-state index contributed by atoms with van der Waals surface area (Å²) >= 11 is 0. The van der Waals surface area contributed by atoms with Crippen molar-refractivity contribution in [3.05, 3.63) is 30.3 Å². The van der Waals surface area contributed by atoms with Gasteiger partial charge in [-0.3, -0.25) is 4.79 Å². The summed E-state index contributed by atoms with van der Waals surface area (Å²) in [5.41, 5.74) is 0. The lowest BCUT2D eigenvalue weighted by Crippen LogP contribution is -2.32. The van der Waals surface area contributed by atoms with Gasteiger partial charge < -0.3 is 0 Å². The molecule has 0 aromatic heterocycles. The minimum absolute atomic E-state index is 0.144. The lowest BCUT2D eigenvalue weighted by atomic mass is 9.99. The molecule has 0 amide bonds. The molecule has 0 aliphatic heterocycles. The molecule has 1 aromatic rings. The highest BCUT2D eigenvalue weighted by Crippen LogP contribution is 2.46. The molecule has 2 aliphatic carbocycles. The van der Waals surface area contributed by atoms with E-state index in [1.54, 1.807) is 30.3 Å². The number of sulfone groups is 1. The number of carbonyl (C=O) groups is 1. The van der Waals surface area contributed by atoms with Gasteiger partial charge in [-0.2, -0.15) is 0 Å². The van der Waals surface area contributed by atoms with Gasteiger partial charge in [0.15, 0.2) is 9.84 Å². The molecule has 0 saturated heterocycles. The molecule has 3 nitrogen and oxygen atoms in total. The molecule has 0 radical (unpaired) electrons. The Morgan fingerprint density at radius 2 is 1.76 bits per heavy atom. The maximum Gasteiger partial charge on any atom is 0.181 e. The summed E-state index contributed by atoms with van der Waals surface area (Å²) in [6.45, 7) is 0. The van der Waals surface area contributed by atoms with Crippen molar-refractivity contribution in [2.24, 2.45) is 11.8 Å². The summed E-state index contributed by atoms with van der Waals surface area (Å²) in [4.78, 5) is 12.0. The molecule has 17 heavy (non-hydrogen) atoms. The van der Waals surface area contributed by atoms with E-state index < -0.39 is 15.1 Å². The Morgan fingerprint density at radius 3 is 2.35 bits per heavy atom. The van der Waals surface area contributed by atoms with Crippen LogP contribution in [0.4, 0.5) is 0 Å². The third-order valence-corrected chi connectivity index (χ3v) is 6.22. The zero-order chi connectivity index (χ0) is 12.0. The second-order valence-corrected chi connectivity index (χ2v) is 7.18. The number of fused-ring (bicyclic) bond motifs is 2. The van der Waals surface area contributed by atoms with E-state index in [4.69, 9.17) is 0 Å². The molecule has 0 N–H and O–H groups in total. The van der Waals surface area contributed by atoms with Crippen LogP contribution in [0.5, 0.6) is 0 Å². The van der Waals surface area contributed by atoms with E-state index in [2.05, 4.69) is 0 Å². The molecule has 3 unspecified atom stereocenters. The highest BCUT2D eigenvalue weighted by Gasteiger charge is 2.51. The number of hydrogen-bond acceptors (Lipinski definition) is 3. The normalized spacial score (nSPS) is 32.0. The summed E-state index contributed by atoms with van der Waals surface area (Å²) in [6.07, 6.45) is 2.02. The minimum atomic E-state index is -3.32. The van der Waals surface area contributed by atoms with Crippen LogP contribution in [0, 0.1) is 11.8 Å². The highest BCUT2D eigenvalue weighted by atomic mass is 32.2. The number of carbonyl (C=O) groups excluding carboxylic acids is 1. The van der Waals surface area contributed by atoms with Crippen LogP contribution in [0.1, 0.15) is 19.3 Å². The molecule has 4 heteroatoms. The number of ketones is 1. The Hall–Kier alpha value is -1.16. The second kappa shape index (κ2) is 3.67. The summed E-state index contributed by atoms with van der Waals surface area (Å²) in [7, 11) is -3.32.